The van der Waals surface area contributed by atoms with Crippen LogP contribution in [0.2, 0.25) is 0 Å². The number of aryl methyl sites for hydroxylation is 4. The number of unbranched alkanes of at least 4 members (excludes halogenated alkanes) is 2. The number of rotatable bonds is 16. The van der Waals surface area contributed by atoms with Crippen LogP contribution >= 0.6 is 0 Å². The van der Waals surface area contributed by atoms with E-state index in [9.17, 15) is 28.8 Å². The van der Waals surface area contributed by atoms with Crippen molar-refractivity contribution in [2.24, 2.45) is 28.2 Å². The molecule has 280 valence electrons. The predicted octanol–water partition coefficient (Wildman–Crippen LogP) is 0.326. The van der Waals surface area contributed by atoms with Crippen LogP contribution in [0, 0.1) is 22.7 Å². The molecule has 0 unspecified atom stereocenters. The Bertz CT molecular complexity index is 2040. The van der Waals surface area contributed by atoms with E-state index in [1.807, 2.05) is 12.1 Å². The Morgan fingerprint density at radius 3 is 1.15 bits per heavy atom. The summed E-state index contributed by atoms with van der Waals surface area (Å²) >= 11 is 0. The Kier molecular flexibility index (Phi) is 13.1. The van der Waals surface area contributed by atoms with Crippen molar-refractivity contribution in [3.05, 3.63) is 60.2 Å². The van der Waals surface area contributed by atoms with Gasteiger partial charge in [0.15, 0.2) is 23.3 Å². The largest absolute Gasteiger partial charge is 0.349 e. The molecular formula is C32H36N16O6. The molecule has 0 bridgehead atoms. The molecule has 22 nitrogen and oxygen atoms in total. The van der Waals surface area contributed by atoms with E-state index >= 15 is 0 Å². The smallest absolute Gasteiger partial charge is 0.292 e. The van der Waals surface area contributed by atoms with Crippen LogP contribution < -0.4 is 31.9 Å². The van der Waals surface area contributed by atoms with Crippen molar-refractivity contribution < 1.29 is 28.8 Å². The fourth-order valence-corrected chi connectivity index (χ4v) is 4.68. The van der Waals surface area contributed by atoms with Crippen molar-refractivity contribution >= 4 is 58.7 Å². The molecule has 0 atom stereocenters. The van der Waals surface area contributed by atoms with Crippen molar-refractivity contribution in [3.63, 3.8) is 0 Å². The number of carbonyl (C=O) groups is 6. The summed E-state index contributed by atoms with van der Waals surface area (Å²) in [6, 6.07) is 3.98. The number of hydrogen-bond acceptors (Lipinski definition) is 12. The molecule has 6 amide bonds. The Morgan fingerprint density at radius 2 is 0.833 bits per heavy atom. The number of amides is 6. The van der Waals surface area contributed by atoms with Crippen LogP contribution in [0.3, 0.4) is 0 Å². The summed E-state index contributed by atoms with van der Waals surface area (Å²) in [5, 5.41) is 32.5. The standard InChI is InChI=1S/C32H36N16O6/c1-45-17-21(41-25(45)29(51)35-13-7-5-11-33)43-31(53)27-39-19(15-47(27)3)37-23(49)9-10-24(50)38-20-16-48(4)28(40-20)32(54)44-22-18-46(2)26(42-22)30(52)36-14-8-6-12-34/h9-10,15-18H,5-8,13-14H2,1-4H3,(H,35,51)(H,36,52)(H,37,49)(H,38,50)(H,43,53)(H,44,54)/b10-9+. The summed E-state index contributed by atoms with van der Waals surface area (Å²) in [6.45, 7) is 0.586. The van der Waals surface area contributed by atoms with Crippen LogP contribution in [-0.4, -0.2) is 86.7 Å². The van der Waals surface area contributed by atoms with Gasteiger partial charge in [0.1, 0.15) is 0 Å². The van der Waals surface area contributed by atoms with Crippen LogP contribution in [-0.2, 0) is 37.8 Å². The SMILES string of the molecule is Cn1cc(NC(=O)c2nc(NC(=O)/C=C/C(=O)Nc3cn(C)c(C(=O)Nc4cn(C)c(C(=O)NCCCC#N)n4)n3)cn2C)nc1C(=O)NCCCC#N. The van der Waals surface area contributed by atoms with Gasteiger partial charge in [0, 0.05) is 91.1 Å². The minimum absolute atomic E-state index is 0.00722. The first-order valence-electron chi connectivity index (χ1n) is 16.2. The van der Waals surface area contributed by atoms with Crippen molar-refractivity contribution in [3.8, 4) is 12.1 Å². The Hall–Kier alpha value is -7.62. The molecule has 6 N–H and O–H groups in total. The normalized spacial score (nSPS) is 10.6. The topological polar surface area (TPSA) is 293 Å². The van der Waals surface area contributed by atoms with E-state index in [2.05, 4.69) is 51.8 Å². The van der Waals surface area contributed by atoms with E-state index in [1.54, 1.807) is 14.1 Å². The number of anilines is 4. The van der Waals surface area contributed by atoms with Crippen molar-refractivity contribution in [2.75, 3.05) is 34.4 Å². The quantitative estimate of drug-likeness (QED) is 0.0669. The zero-order chi connectivity index (χ0) is 39.4. The Labute approximate surface area is 307 Å². The molecule has 0 aromatic carbocycles. The third-order valence-electron chi connectivity index (χ3n) is 7.19. The van der Waals surface area contributed by atoms with Gasteiger partial charge in [-0.05, 0) is 12.8 Å². The van der Waals surface area contributed by atoms with E-state index in [-0.39, 0.29) is 46.6 Å². The molecule has 0 saturated carbocycles. The van der Waals surface area contributed by atoms with Crippen LogP contribution in [0.5, 0.6) is 0 Å². The highest BCUT2D eigenvalue weighted by molar-refractivity contribution is 6.07. The number of imidazole rings is 4. The van der Waals surface area contributed by atoms with Crippen LogP contribution in [0.15, 0.2) is 36.9 Å². The van der Waals surface area contributed by atoms with Crippen LogP contribution in [0.4, 0.5) is 23.3 Å². The fraction of sp³-hybridized carbons (Fsp3) is 0.312. The number of aromatic nitrogens is 8. The second-order valence-electron chi connectivity index (χ2n) is 11.5. The number of nitrogens with one attached hydrogen (secondary N) is 6. The summed E-state index contributed by atoms with van der Waals surface area (Å²) in [4.78, 5) is 92.1. The highest BCUT2D eigenvalue weighted by atomic mass is 16.2. The molecule has 54 heavy (non-hydrogen) atoms. The lowest BCUT2D eigenvalue weighted by molar-refractivity contribution is -0.114. The maximum absolute atomic E-state index is 12.9. The van der Waals surface area contributed by atoms with Crippen molar-refractivity contribution in [2.45, 2.75) is 25.7 Å². The highest BCUT2D eigenvalue weighted by Gasteiger charge is 2.21. The van der Waals surface area contributed by atoms with Gasteiger partial charge in [-0.25, -0.2) is 19.9 Å². The van der Waals surface area contributed by atoms with Gasteiger partial charge in [0.25, 0.3) is 23.6 Å². The van der Waals surface area contributed by atoms with Gasteiger partial charge in [0.05, 0.1) is 12.1 Å². The lowest BCUT2D eigenvalue weighted by Crippen LogP contribution is -2.27. The molecule has 4 aromatic rings. The summed E-state index contributed by atoms with van der Waals surface area (Å²) in [5.41, 5.74) is 0. The summed E-state index contributed by atoms with van der Waals surface area (Å²) < 4.78 is 5.56. The first-order valence-corrected chi connectivity index (χ1v) is 16.2. The van der Waals surface area contributed by atoms with Crippen molar-refractivity contribution in [1.29, 1.82) is 10.5 Å². The Balaban J connectivity index is 1.28. The second-order valence-corrected chi connectivity index (χ2v) is 11.5. The summed E-state index contributed by atoms with van der Waals surface area (Å²) in [6.07, 6.45) is 9.05. The van der Waals surface area contributed by atoms with Crippen LogP contribution in [0.1, 0.15) is 68.2 Å². The lowest BCUT2D eigenvalue weighted by atomic mass is 10.3. The average Bonchev–Trinajstić information content (AvgIpc) is 3.88. The number of nitrogens with zero attached hydrogens (tertiary/aromatic N) is 10. The van der Waals surface area contributed by atoms with Gasteiger partial charge >= 0.3 is 0 Å². The van der Waals surface area contributed by atoms with E-state index in [0.29, 0.717) is 38.8 Å². The van der Waals surface area contributed by atoms with E-state index < -0.39 is 35.4 Å². The predicted molar refractivity (Wildman–Crippen MR) is 189 cm³/mol. The fourth-order valence-electron chi connectivity index (χ4n) is 4.68. The van der Waals surface area contributed by atoms with Gasteiger partial charge in [-0.3, -0.25) is 28.8 Å². The van der Waals surface area contributed by atoms with Crippen LogP contribution in [0.25, 0.3) is 0 Å². The molecule has 22 heteroatoms. The molecule has 0 fully saturated rings. The number of carbonyl (C=O) groups excluding carboxylic acids is 6. The monoisotopic (exact) mass is 740 g/mol. The lowest BCUT2D eigenvalue weighted by Gasteiger charge is -2.02. The molecule has 0 radical (unpaired) electrons. The molecule has 0 aliphatic rings. The average molecular weight is 741 g/mol. The van der Waals surface area contributed by atoms with Gasteiger partial charge in [-0.2, -0.15) is 10.5 Å². The minimum atomic E-state index is -0.739. The van der Waals surface area contributed by atoms with Gasteiger partial charge < -0.3 is 50.2 Å². The van der Waals surface area contributed by atoms with Crippen molar-refractivity contribution in [1.82, 2.24) is 48.8 Å². The zero-order valence-corrected chi connectivity index (χ0v) is 29.6. The Morgan fingerprint density at radius 1 is 0.537 bits per heavy atom. The summed E-state index contributed by atoms with van der Waals surface area (Å²) in [7, 11) is 6.20. The first kappa shape index (κ1) is 39.2. The molecule has 4 aromatic heterocycles. The number of hydrogen-bond donors (Lipinski definition) is 6. The maximum Gasteiger partial charge on any atom is 0.292 e. The molecule has 0 saturated heterocycles. The summed E-state index contributed by atoms with van der Waals surface area (Å²) in [5.74, 6) is -3.68. The molecule has 0 aliphatic heterocycles. The second kappa shape index (κ2) is 18.0. The molecule has 4 heterocycles. The highest BCUT2D eigenvalue weighted by Crippen LogP contribution is 2.14. The molecule has 0 spiro atoms. The van der Waals surface area contributed by atoms with E-state index in [1.165, 1.54) is 57.2 Å². The van der Waals surface area contributed by atoms with Gasteiger partial charge in [-0.15, -0.1) is 0 Å². The molecule has 4 rings (SSSR count). The van der Waals surface area contributed by atoms with Gasteiger partial charge in [-0.1, -0.05) is 0 Å². The number of nitriles is 2. The van der Waals surface area contributed by atoms with E-state index in [0.717, 1.165) is 12.2 Å². The maximum atomic E-state index is 12.9. The third kappa shape index (κ3) is 10.5. The molecular weight excluding hydrogens is 704 g/mol. The molecule has 0 aliphatic carbocycles. The zero-order valence-electron chi connectivity index (χ0n) is 29.6. The first-order chi connectivity index (χ1) is 25.8. The van der Waals surface area contributed by atoms with E-state index in [4.69, 9.17) is 10.5 Å². The minimum Gasteiger partial charge on any atom is -0.349 e. The third-order valence-corrected chi connectivity index (χ3v) is 7.19. The van der Waals surface area contributed by atoms with Gasteiger partial charge in [0.2, 0.25) is 35.1 Å².